The number of nitrogens with two attached hydrogens (primary N) is 3. The number of anilines is 2. The van der Waals surface area contributed by atoms with Crippen molar-refractivity contribution in [3.05, 3.63) is 159 Å². The largest absolute Gasteiger partial charge is 0.469 e. The highest BCUT2D eigenvalue weighted by atomic mass is 16.5. The van der Waals surface area contributed by atoms with E-state index >= 15 is 0 Å². The van der Waals surface area contributed by atoms with E-state index in [0.29, 0.717) is 113 Å². The van der Waals surface area contributed by atoms with Crippen LogP contribution in [-0.4, -0.2) is 119 Å². The van der Waals surface area contributed by atoms with Crippen molar-refractivity contribution in [3.63, 3.8) is 0 Å². The van der Waals surface area contributed by atoms with Gasteiger partial charge >= 0.3 is 5.97 Å². The number of esters is 1. The van der Waals surface area contributed by atoms with Gasteiger partial charge in [-0.25, -0.2) is 9.98 Å². The van der Waals surface area contributed by atoms with Crippen molar-refractivity contribution in [1.29, 1.82) is 0 Å². The van der Waals surface area contributed by atoms with Crippen LogP contribution >= 0.6 is 0 Å². The molecule has 1 fully saturated rings. The first kappa shape index (κ1) is 62.2. The van der Waals surface area contributed by atoms with Crippen LogP contribution in [-0.2, 0) is 43.4 Å². The number of amides is 5. The Bertz CT molecular complexity index is 3400. The molecule has 1 aromatic heterocycles. The third-order valence-corrected chi connectivity index (χ3v) is 15.5. The molecular formula is C66H80N12O7. The second-order valence-corrected chi connectivity index (χ2v) is 22.5. The molecule has 0 bridgehead atoms. The number of carbonyl (C=O) groups excluding carboxylic acids is 6. The minimum absolute atomic E-state index is 0.0139. The zero-order valence-corrected chi connectivity index (χ0v) is 49.7. The molecule has 85 heavy (non-hydrogen) atoms. The van der Waals surface area contributed by atoms with Gasteiger partial charge in [-0.1, -0.05) is 83.1 Å². The minimum atomic E-state index is -0.634. The van der Waals surface area contributed by atoms with Crippen LogP contribution in [0.2, 0.25) is 0 Å². The van der Waals surface area contributed by atoms with Gasteiger partial charge in [0.05, 0.1) is 42.3 Å². The smallest absolute Gasteiger partial charge is 0.310 e. The first-order valence-electron chi connectivity index (χ1n) is 29.5. The van der Waals surface area contributed by atoms with Crippen LogP contribution in [0.4, 0.5) is 22.7 Å². The van der Waals surface area contributed by atoms with Crippen LogP contribution in [0.1, 0.15) is 133 Å². The standard InChI is InChI=1S/C66H80N12O7/c1-7-23-77(24-8-2)64(82)50-28-46-19-21-48(31-56(46)74-58(67)33-50)61(79)72-52-14-10-13-45(30-52)54-39-76(40-55(54)66(84)85-6)38-43-17-15-42(16-18-43)12-11-26-78(25-9-3)65(83)51-29-47-20-22-49(32-57(47)75-59(68)34-51)62(80)73-53-27-44(35-70-37-53)36-71-63(81)60(69)41(4)5/h10,13-22,27-32,35,37,41,54-55,60H,7-9,11-12,23-26,33-34,36,38-40,69H2,1-6H3,(H2,67,74)(H2,68,75)(H,71,81)(H,72,79)(H,73,80)/t54?,55-,60?/m0/s1. The Labute approximate surface area is 498 Å². The fourth-order valence-electron chi connectivity index (χ4n) is 11.0. The number of nitrogens with zero attached hydrogens (tertiary/aromatic N) is 6. The van der Waals surface area contributed by atoms with E-state index in [4.69, 9.17) is 21.9 Å². The lowest BCUT2D eigenvalue weighted by molar-refractivity contribution is -0.145. The first-order chi connectivity index (χ1) is 40.9. The Morgan fingerprint density at radius 1 is 0.671 bits per heavy atom. The van der Waals surface area contributed by atoms with Crippen molar-refractivity contribution in [1.82, 2.24) is 25.0 Å². The third-order valence-electron chi connectivity index (χ3n) is 15.5. The lowest BCUT2D eigenvalue weighted by Crippen LogP contribution is -2.43. The molecule has 3 aliphatic heterocycles. The quantitative estimate of drug-likeness (QED) is 0.0317. The summed E-state index contributed by atoms with van der Waals surface area (Å²) < 4.78 is 5.31. The molecule has 8 rings (SSSR count). The number of methoxy groups -OCH3 is 1. The molecule has 2 unspecified atom stereocenters. The summed E-state index contributed by atoms with van der Waals surface area (Å²) >= 11 is 0. The number of nitrogens with one attached hydrogen (secondary N) is 3. The molecule has 3 aliphatic rings. The van der Waals surface area contributed by atoms with E-state index in [9.17, 15) is 28.8 Å². The average Bonchev–Trinajstić information content (AvgIpc) is 4.04. The maximum absolute atomic E-state index is 14.2. The molecule has 19 nitrogen and oxygen atoms in total. The fraction of sp³-hybridized carbons (Fsp3) is 0.379. The van der Waals surface area contributed by atoms with Crippen LogP contribution in [0.3, 0.4) is 0 Å². The van der Waals surface area contributed by atoms with Crippen molar-refractivity contribution < 1.29 is 33.5 Å². The maximum Gasteiger partial charge on any atom is 0.310 e. The topological polar surface area (TPSA) is 273 Å². The molecule has 3 atom stereocenters. The normalized spacial score (nSPS) is 16.0. The predicted molar refractivity (Wildman–Crippen MR) is 334 cm³/mol. The Morgan fingerprint density at radius 3 is 1.80 bits per heavy atom. The Morgan fingerprint density at radius 2 is 1.24 bits per heavy atom. The van der Waals surface area contributed by atoms with Crippen molar-refractivity contribution in [2.45, 2.75) is 105 Å². The lowest BCUT2D eigenvalue weighted by Gasteiger charge is -2.23. The molecule has 9 N–H and O–H groups in total. The van der Waals surface area contributed by atoms with Crippen molar-refractivity contribution in [3.8, 4) is 0 Å². The van der Waals surface area contributed by atoms with Crippen molar-refractivity contribution >= 4 is 82.1 Å². The van der Waals surface area contributed by atoms with Gasteiger partial charge in [0, 0.05) is 116 Å². The van der Waals surface area contributed by atoms with Gasteiger partial charge in [0.1, 0.15) is 11.7 Å². The number of benzene rings is 4. The van der Waals surface area contributed by atoms with Gasteiger partial charge in [-0.05, 0) is 115 Å². The van der Waals surface area contributed by atoms with Gasteiger partial charge in [0.2, 0.25) is 17.7 Å². The number of rotatable bonds is 24. The maximum atomic E-state index is 14.2. The number of aryl methyl sites for hydroxylation is 1. The zero-order chi connectivity index (χ0) is 60.7. The summed E-state index contributed by atoms with van der Waals surface area (Å²) in [6, 6.07) is 27.4. The number of hydrogen-bond donors (Lipinski definition) is 6. The molecule has 1 saturated heterocycles. The second kappa shape index (κ2) is 29.1. The van der Waals surface area contributed by atoms with Crippen molar-refractivity contribution in [2.24, 2.45) is 39.0 Å². The summed E-state index contributed by atoms with van der Waals surface area (Å²) in [5, 5.41) is 8.72. The summed E-state index contributed by atoms with van der Waals surface area (Å²) in [6.07, 6.45) is 11.1. The third kappa shape index (κ3) is 16.3. The average molecular weight is 1150 g/mol. The van der Waals surface area contributed by atoms with Crippen molar-refractivity contribution in [2.75, 3.05) is 57.0 Å². The fourth-order valence-corrected chi connectivity index (χ4v) is 11.0. The summed E-state index contributed by atoms with van der Waals surface area (Å²) in [4.78, 5) is 100. The summed E-state index contributed by atoms with van der Waals surface area (Å²) in [5.74, 6) is -1.52. The Kier molecular flexibility index (Phi) is 21.3. The van der Waals surface area contributed by atoms with Crippen LogP contribution in [0.25, 0.3) is 12.2 Å². The number of hydrogen-bond acceptors (Lipinski definition) is 14. The van der Waals surface area contributed by atoms with E-state index in [1.807, 2.05) is 80.8 Å². The number of likely N-dealkylation sites (tertiary alicyclic amines) is 1. The van der Waals surface area contributed by atoms with Crippen LogP contribution in [0, 0.1) is 11.8 Å². The lowest BCUT2D eigenvalue weighted by atomic mass is 9.89. The molecule has 0 aliphatic carbocycles. The first-order valence-corrected chi connectivity index (χ1v) is 29.5. The van der Waals surface area contributed by atoms with E-state index in [1.165, 1.54) is 13.3 Å². The number of amidine groups is 2. The zero-order valence-electron chi connectivity index (χ0n) is 49.7. The van der Waals surface area contributed by atoms with E-state index in [-0.39, 0.29) is 72.6 Å². The highest BCUT2D eigenvalue weighted by Crippen LogP contribution is 2.36. The van der Waals surface area contributed by atoms with Gasteiger partial charge < -0.3 is 47.7 Å². The molecule has 4 aromatic carbocycles. The number of carbonyl (C=O) groups is 6. The van der Waals surface area contributed by atoms with E-state index in [0.717, 1.165) is 48.8 Å². The van der Waals surface area contributed by atoms with E-state index < -0.39 is 12.0 Å². The molecule has 0 spiro atoms. The summed E-state index contributed by atoms with van der Waals surface area (Å²) in [6.45, 7) is 14.2. The molecule has 0 saturated carbocycles. The van der Waals surface area contributed by atoms with E-state index in [1.54, 1.807) is 48.7 Å². The predicted octanol–water partition coefficient (Wildman–Crippen LogP) is 8.65. The molecule has 446 valence electrons. The van der Waals surface area contributed by atoms with E-state index in [2.05, 4.69) is 60.1 Å². The number of pyridine rings is 1. The van der Waals surface area contributed by atoms with Crippen LogP contribution in [0.15, 0.2) is 125 Å². The summed E-state index contributed by atoms with van der Waals surface area (Å²) in [7, 11) is 1.41. The summed E-state index contributed by atoms with van der Waals surface area (Å²) in [5.41, 5.74) is 27.8. The SMILES string of the molecule is CCCN(CCC)C(=O)C1=Cc2ccc(C(=O)Nc3cccc(C4CN(Cc5ccc(CCCN(CCC)C(=O)C6=Cc7ccc(C(=O)Nc8cncc(CNC(=O)C(N)C(C)C)c8)cc7N=C(N)C6)cc5)C[C@@H]4C(=O)OC)c3)cc2N=C(N)C1. The van der Waals surface area contributed by atoms with Gasteiger partial charge in [-0.3, -0.25) is 38.7 Å². The number of ether oxygens (including phenoxy) is 1. The van der Waals surface area contributed by atoms with Gasteiger partial charge in [-0.2, -0.15) is 0 Å². The second-order valence-electron chi connectivity index (χ2n) is 22.5. The Hall–Kier alpha value is -8.81. The molecule has 4 heterocycles. The van der Waals surface area contributed by atoms with Crippen LogP contribution in [0.5, 0.6) is 0 Å². The van der Waals surface area contributed by atoms with Gasteiger partial charge in [0.15, 0.2) is 0 Å². The molecule has 5 aromatic rings. The molecule has 19 heteroatoms. The highest BCUT2D eigenvalue weighted by molar-refractivity contribution is 6.09. The Balaban J connectivity index is 0.848. The number of fused-ring (bicyclic) bond motifs is 2. The molecular weight excluding hydrogens is 1070 g/mol. The number of aliphatic imine (C=N–C) groups is 2. The highest BCUT2D eigenvalue weighted by Gasteiger charge is 2.39. The van der Waals surface area contributed by atoms with Crippen LogP contribution < -0.4 is 33.2 Å². The monoisotopic (exact) mass is 1150 g/mol. The molecule has 5 amide bonds. The van der Waals surface area contributed by atoms with Gasteiger partial charge in [-0.15, -0.1) is 0 Å². The molecule has 0 radical (unpaired) electrons. The van der Waals surface area contributed by atoms with Gasteiger partial charge in [0.25, 0.3) is 11.8 Å². The number of aromatic nitrogens is 1. The minimum Gasteiger partial charge on any atom is -0.469 e.